The molecule has 0 amide bonds. The van der Waals surface area contributed by atoms with Crippen molar-refractivity contribution < 1.29 is 21.7 Å². The number of hydrogen-bond donors (Lipinski definition) is 0. The number of pyridine rings is 2. The number of aromatic nitrogens is 1. The van der Waals surface area contributed by atoms with E-state index in [0.717, 1.165) is 5.69 Å². The molecule has 0 saturated carbocycles. The lowest BCUT2D eigenvalue weighted by Crippen LogP contribution is -2.27. The fourth-order valence-corrected chi connectivity index (χ4v) is 4.59. The molecule has 4 aromatic carbocycles. The van der Waals surface area contributed by atoms with Crippen molar-refractivity contribution in [2.45, 2.75) is 0 Å². The van der Waals surface area contributed by atoms with Crippen molar-refractivity contribution >= 4 is 46.6 Å². The molecule has 0 radical (unpaired) electrons. The van der Waals surface area contributed by atoms with E-state index >= 15 is 0 Å². The Balaban J connectivity index is 0.000000514. The molecule has 0 N–H and O–H groups in total. The summed E-state index contributed by atoms with van der Waals surface area (Å²) < 4.78 is 41.4. The highest BCUT2D eigenvalue weighted by Gasteiger charge is 2.21. The Hall–Kier alpha value is -4.45. The van der Waals surface area contributed by atoms with Gasteiger partial charge in [0.2, 0.25) is 16.7 Å². The van der Waals surface area contributed by atoms with Crippen molar-refractivity contribution in [2.75, 3.05) is 0 Å². The van der Waals surface area contributed by atoms with Gasteiger partial charge in [0, 0.05) is 29.7 Å². The zero-order chi connectivity index (χ0) is 25.8. The number of para-hydroxylation sites is 1. The van der Waals surface area contributed by atoms with Gasteiger partial charge in [0.1, 0.15) is 0 Å². The van der Waals surface area contributed by atoms with Crippen molar-refractivity contribution in [1.82, 2.24) is 0 Å². The summed E-state index contributed by atoms with van der Waals surface area (Å²) in [5.74, 6) is 0. The highest BCUT2D eigenvalue weighted by Crippen LogP contribution is 2.30. The summed E-state index contributed by atoms with van der Waals surface area (Å²) in [7, 11) is -6.00. The summed E-state index contributed by atoms with van der Waals surface area (Å²) in [5.41, 5.74) is 7.23. The first-order valence-electron chi connectivity index (χ1n) is 11.8. The molecular formula is C31H22BF4N. The Morgan fingerprint density at radius 2 is 1.00 bits per heavy atom. The second kappa shape index (κ2) is 10.3. The second-order valence-electron chi connectivity index (χ2n) is 8.56. The van der Waals surface area contributed by atoms with Gasteiger partial charge in [-0.15, -0.1) is 0 Å². The highest BCUT2D eigenvalue weighted by molar-refractivity contribution is 6.50. The van der Waals surface area contributed by atoms with Crippen LogP contribution < -0.4 is 4.40 Å². The molecule has 0 fully saturated rings. The highest BCUT2D eigenvalue weighted by atomic mass is 19.5. The van der Waals surface area contributed by atoms with Gasteiger partial charge in [-0.1, -0.05) is 91.0 Å². The summed E-state index contributed by atoms with van der Waals surface area (Å²) in [6.07, 6.45) is 4.43. The lowest BCUT2D eigenvalue weighted by molar-refractivity contribution is -0.482. The molecule has 6 rings (SSSR count). The minimum absolute atomic E-state index is 1.16. The zero-order valence-corrected chi connectivity index (χ0v) is 19.7. The van der Waals surface area contributed by atoms with Gasteiger partial charge in [0.25, 0.3) is 0 Å². The van der Waals surface area contributed by atoms with Crippen LogP contribution in [0.3, 0.4) is 0 Å². The summed E-state index contributed by atoms with van der Waals surface area (Å²) in [6, 6.07) is 43.1. The summed E-state index contributed by atoms with van der Waals surface area (Å²) in [4.78, 5) is 0. The molecule has 2 aromatic heterocycles. The van der Waals surface area contributed by atoms with E-state index < -0.39 is 7.25 Å². The van der Waals surface area contributed by atoms with Gasteiger partial charge in [0.05, 0.1) is 10.8 Å². The van der Waals surface area contributed by atoms with Crippen LogP contribution in [0.2, 0.25) is 0 Å². The molecule has 0 bridgehead atoms. The standard InChI is InChI=1S/C31H22N.BF4/c1-3-11-23(12-4-1)19-20-26-21-25(24-13-5-2-6-14-24)22-31-29-17-8-7-15-27(29)28-16-9-10-18-30(28)32(26)31;2-1(3,4)5/h1-22H;/q+1;-1/b20-19+;. The average Bonchev–Trinajstić information content (AvgIpc) is 2.92. The SMILES string of the molecule is C(=C\c1cc(-c2ccccc2)cc2c3ccccc3c3ccccc3[n+]12)/c1ccccc1.F[B-](F)(F)F. The van der Waals surface area contributed by atoms with Gasteiger partial charge in [-0.3, -0.25) is 0 Å². The Kier molecular flexibility index (Phi) is 6.73. The lowest BCUT2D eigenvalue weighted by atomic mass is 9.99. The molecule has 0 atom stereocenters. The Bertz CT molecular complexity index is 1710. The van der Waals surface area contributed by atoms with Gasteiger partial charge in [-0.05, 0) is 34.9 Å². The van der Waals surface area contributed by atoms with Crippen molar-refractivity contribution in [3.63, 3.8) is 0 Å². The molecular weight excluding hydrogens is 473 g/mol. The van der Waals surface area contributed by atoms with Crippen LogP contribution in [-0.4, -0.2) is 7.25 Å². The third kappa shape index (κ3) is 5.54. The van der Waals surface area contributed by atoms with Crippen LogP contribution in [0.15, 0.2) is 121 Å². The third-order valence-corrected chi connectivity index (χ3v) is 6.09. The molecule has 2 heterocycles. The number of rotatable bonds is 3. The largest absolute Gasteiger partial charge is 0.673 e. The van der Waals surface area contributed by atoms with Crippen LogP contribution in [0.25, 0.3) is 50.5 Å². The number of benzene rings is 4. The number of fused-ring (bicyclic) bond motifs is 6. The Morgan fingerprint density at radius 3 is 1.65 bits per heavy atom. The molecule has 0 aliphatic heterocycles. The smallest absolute Gasteiger partial charge is 0.418 e. The minimum atomic E-state index is -6.00. The molecule has 0 aliphatic carbocycles. The third-order valence-electron chi connectivity index (χ3n) is 6.09. The minimum Gasteiger partial charge on any atom is -0.418 e. The Morgan fingerprint density at radius 1 is 0.486 bits per heavy atom. The molecule has 0 unspecified atom stereocenters. The number of nitrogens with zero attached hydrogens (tertiary/aromatic N) is 1. The fraction of sp³-hybridized carbons (Fsp3) is 0. The van der Waals surface area contributed by atoms with E-state index in [-0.39, 0.29) is 0 Å². The van der Waals surface area contributed by atoms with Crippen LogP contribution >= 0.6 is 0 Å². The first kappa shape index (κ1) is 24.3. The number of hydrogen-bond acceptors (Lipinski definition) is 0. The lowest BCUT2D eigenvalue weighted by Gasteiger charge is -2.09. The van der Waals surface area contributed by atoms with E-state index in [0.29, 0.717) is 0 Å². The van der Waals surface area contributed by atoms with E-state index in [9.17, 15) is 17.3 Å². The maximum absolute atomic E-state index is 9.75. The van der Waals surface area contributed by atoms with Gasteiger partial charge < -0.3 is 17.3 Å². The molecule has 6 heteroatoms. The first-order chi connectivity index (χ1) is 17.9. The van der Waals surface area contributed by atoms with E-state index in [1.165, 1.54) is 43.9 Å². The van der Waals surface area contributed by atoms with E-state index in [1.54, 1.807) is 0 Å². The van der Waals surface area contributed by atoms with Crippen molar-refractivity contribution in [2.24, 2.45) is 0 Å². The van der Waals surface area contributed by atoms with Crippen LogP contribution in [0.1, 0.15) is 11.3 Å². The van der Waals surface area contributed by atoms with Crippen LogP contribution in [0.4, 0.5) is 17.3 Å². The van der Waals surface area contributed by atoms with Crippen LogP contribution in [0, 0.1) is 0 Å². The summed E-state index contributed by atoms with van der Waals surface area (Å²) >= 11 is 0. The summed E-state index contributed by atoms with van der Waals surface area (Å²) in [5, 5.41) is 3.81. The molecule has 1 nitrogen and oxygen atoms in total. The predicted molar refractivity (Wildman–Crippen MR) is 146 cm³/mol. The average molecular weight is 495 g/mol. The maximum atomic E-state index is 9.75. The van der Waals surface area contributed by atoms with Crippen molar-refractivity contribution in [3.8, 4) is 11.1 Å². The van der Waals surface area contributed by atoms with Gasteiger partial charge in [-0.2, -0.15) is 4.40 Å². The molecule has 6 aromatic rings. The topological polar surface area (TPSA) is 4.10 Å². The number of halogens is 4. The Labute approximate surface area is 212 Å². The van der Waals surface area contributed by atoms with Crippen molar-refractivity contribution in [3.05, 3.63) is 133 Å². The zero-order valence-electron chi connectivity index (χ0n) is 19.7. The maximum Gasteiger partial charge on any atom is 0.673 e. The van der Waals surface area contributed by atoms with E-state index in [4.69, 9.17) is 0 Å². The monoisotopic (exact) mass is 495 g/mol. The second-order valence-corrected chi connectivity index (χ2v) is 8.56. The fourth-order valence-electron chi connectivity index (χ4n) is 4.59. The van der Waals surface area contributed by atoms with Crippen LogP contribution in [-0.2, 0) is 0 Å². The first-order valence-corrected chi connectivity index (χ1v) is 11.8. The van der Waals surface area contributed by atoms with E-state index in [1.807, 2.05) is 0 Å². The molecule has 182 valence electrons. The quantitative estimate of drug-likeness (QED) is 0.1000. The van der Waals surface area contributed by atoms with Gasteiger partial charge >= 0.3 is 7.25 Å². The van der Waals surface area contributed by atoms with Crippen LogP contribution in [0.5, 0.6) is 0 Å². The van der Waals surface area contributed by atoms with Crippen molar-refractivity contribution in [1.29, 1.82) is 0 Å². The molecule has 0 spiro atoms. The molecule has 0 saturated heterocycles. The molecule has 0 aliphatic rings. The van der Waals surface area contributed by atoms with Gasteiger partial charge in [-0.25, -0.2) is 0 Å². The predicted octanol–water partition coefficient (Wildman–Crippen LogP) is 8.87. The summed E-state index contributed by atoms with van der Waals surface area (Å²) in [6.45, 7) is 0. The van der Waals surface area contributed by atoms with E-state index in [2.05, 4.69) is 138 Å². The molecule has 37 heavy (non-hydrogen) atoms. The normalized spacial score (nSPS) is 11.7. The van der Waals surface area contributed by atoms with Gasteiger partial charge in [0.15, 0.2) is 0 Å².